The number of nitrogens with two attached hydrogens (primary N) is 2. The van der Waals surface area contributed by atoms with E-state index in [2.05, 4.69) is 117 Å². The third-order valence-corrected chi connectivity index (χ3v) is 16.9. The number of fused-ring (bicyclic) bond motifs is 3. The number of aryl methyl sites for hydroxylation is 2. The van der Waals surface area contributed by atoms with Gasteiger partial charge in [0.15, 0.2) is 34.4 Å². The summed E-state index contributed by atoms with van der Waals surface area (Å²) < 4.78 is 66.8. The molecule has 2 aliphatic rings. The standard InChI is InChI=1S/C24H30N2O8.C17H20N2O2.C12H12N8O4.C12H12N8O3.C10H18N2O2/c1-17(25-27)19-3-5-21-23(15-19)33-13-9-30-10-14-34-24-16-20(18(2)26-28)4-6-22(24)32-12-8-29-7-11-31-21;1-2-3-9-14-17-15(18-20)10-13(11-16(17)21-19-14)12-7-5-4-6-8-12;1-22-6-8-9(12(21)16-14-5-7-3-2-4-23-7)20(19-15-8)11-10(13)17-24-18-11;1-6-3-4-8(22-6)5-14-16-12(21)9-7(2)20(19-15-9)11-10(13)17-23-18-11;11-9-7-5-3-1-2-4-6-8-10(13)12-14/h3-6,15-16,27-28H,7-14H2,1-2H3;4-8,13,20H,2-3,9-11H2,1H3;2-5H,6H2,1H3,(H2,13,17)(H,16,21);3-5H,1-2H3,(H2,13,17)(H,16,21);14H,1-8H2,(H,12,13)/b25-17-,26-18-;18-15+;2*14-5+;. The molecule has 3 amide bonds. The number of aromatic nitrogens is 11. The van der Waals surface area contributed by atoms with Gasteiger partial charge in [0.2, 0.25) is 29.2 Å². The number of hydrogen-bond acceptors (Lipinski definition) is 36. The number of benzene rings is 3. The lowest BCUT2D eigenvalue weighted by Crippen LogP contribution is -2.23. The molecule has 8 heterocycles. The molecule has 1 atom stereocenters. The van der Waals surface area contributed by atoms with Crippen molar-refractivity contribution in [2.45, 2.75) is 131 Å². The van der Waals surface area contributed by atoms with Crippen LogP contribution in [0.3, 0.4) is 0 Å². The third-order valence-electron chi connectivity index (χ3n) is 16.9. The van der Waals surface area contributed by atoms with Gasteiger partial charge >= 0.3 is 0 Å². The van der Waals surface area contributed by atoms with E-state index >= 15 is 0 Å². The van der Waals surface area contributed by atoms with E-state index in [1.807, 2.05) is 25.1 Å². The lowest BCUT2D eigenvalue weighted by atomic mass is 9.81. The molecule has 0 saturated carbocycles. The number of ether oxygens (including phenoxy) is 7. The van der Waals surface area contributed by atoms with Gasteiger partial charge in [-0.05, 0) is 146 Å². The van der Waals surface area contributed by atoms with Crippen molar-refractivity contribution in [3.8, 4) is 40.7 Å². The van der Waals surface area contributed by atoms with Gasteiger partial charge in [-0.1, -0.05) is 100 Å². The molecule has 616 valence electrons. The maximum absolute atomic E-state index is 12.4. The SMILES string of the molecule is C/C(=N/O)c1ccc2c(c1)OCCOCCOc1cc(/C(C)=N\O)ccc1OCCOCCO2.CCCCc1noc2c1/C(=N/O)CC(c1ccccc1)C2.COCc1nnn(-c2nonc2N)c1C(=O)N/N=C/c1ccco1.Cc1ccc(/C=N/NC(=O)c2nnn(-c3nonc3N)c2C)o1.N#CCCCCCCCCC(=O)NO. The van der Waals surface area contributed by atoms with E-state index in [1.165, 1.54) is 36.0 Å². The molecule has 1 aliphatic carbocycles. The van der Waals surface area contributed by atoms with Crippen LogP contribution < -0.4 is 46.7 Å². The summed E-state index contributed by atoms with van der Waals surface area (Å²) in [6.45, 7) is 11.7. The molecule has 41 nitrogen and oxygen atoms in total. The Morgan fingerprint density at radius 1 is 0.655 bits per heavy atom. The van der Waals surface area contributed by atoms with Crippen LogP contribution in [0.2, 0.25) is 0 Å². The molecule has 116 heavy (non-hydrogen) atoms. The second kappa shape index (κ2) is 47.6. The Labute approximate surface area is 664 Å². The maximum Gasteiger partial charge on any atom is 0.293 e. The number of hydrazone groups is 2. The number of carbonyl (C=O) groups excluding carboxylic acids is 3. The number of rotatable bonds is 24. The van der Waals surface area contributed by atoms with Crippen LogP contribution in [-0.4, -0.2) is 184 Å². The number of amides is 3. The highest BCUT2D eigenvalue weighted by Gasteiger charge is 2.32. The van der Waals surface area contributed by atoms with E-state index in [9.17, 15) is 19.6 Å². The summed E-state index contributed by atoms with van der Waals surface area (Å²) in [5.74, 6) is 3.78. The van der Waals surface area contributed by atoms with Crippen molar-refractivity contribution in [1.82, 2.24) is 72.1 Å². The van der Waals surface area contributed by atoms with E-state index in [1.54, 1.807) is 86.9 Å². The lowest BCUT2D eigenvalue weighted by Gasteiger charge is -2.22. The third kappa shape index (κ3) is 26.7. The molecule has 3 aromatic carbocycles. The Morgan fingerprint density at radius 2 is 1.24 bits per heavy atom. The molecule has 7 aromatic heterocycles. The van der Waals surface area contributed by atoms with Gasteiger partial charge in [0, 0.05) is 43.9 Å². The van der Waals surface area contributed by atoms with E-state index in [0.29, 0.717) is 134 Å². The lowest BCUT2D eigenvalue weighted by molar-refractivity contribution is -0.129. The summed E-state index contributed by atoms with van der Waals surface area (Å²) in [5, 5.41) is 95.1. The Kier molecular flexibility index (Phi) is 36.0. The number of unbranched alkanes of at least 4 members (excludes halogenated alkanes) is 7. The monoisotopic (exact) mass is 1600 g/mol. The Bertz CT molecular complexity index is 4800. The number of nitriles is 1. The fourth-order valence-electron chi connectivity index (χ4n) is 11.0. The molecule has 0 fully saturated rings. The van der Waals surface area contributed by atoms with E-state index in [-0.39, 0.29) is 58.8 Å². The average molecular weight is 1610 g/mol. The number of nitrogens with zero attached hydrogens (tertiary/aromatic N) is 17. The first-order valence-electron chi connectivity index (χ1n) is 36.7. The van der Waals surface area contributed by atoms with Crippen molar-refractivity contribution in [2.24, 2.45) is 25.7 Å². The highest BCUT2D eigenvalue weighted by atomic mass is 16.6. The topological polar surface area (TPSA) is 562 Å². The van der Waals surface area contributed by atoms with E-state index < -0.39 is 11.8 Å². The zero-order chi connectivity index (χ0) is 82.8. The number of nitrogens with one attached hydrogen (secondary N) is 3. The first-order chi connectivity index (χ1) is 56.5. The Hall–Kier alpha value is -13.7. The molecule has 0 spiro atoms. The molecule has 0 bridgehead atoms. The minimum atomic E-state index is -0.600. The number of methoxy groups -OCH3 is 1. The fourth-order valence-corrected chi connectivity index (χ4v) is 11.0. The van der Waals surface area contributed by atoms with E-state index in [4.69, 9.17) is 78.9 Å². The number of oxime groups is 3. The van der Waals surface area contributed by atoms with Gasteiger partial charge in [-0.3, -0.25) is 19.6 Å². The number of furan rings is 2. The maximum atomic E-state index is 12.4. The molecule has 11 N–H and O–H groups in total. The normalized spacial score (nSPS) is 14.2. The minimum absolute atomic E-state index is 0.0324. The highest BCUT2D eigenvalue weighted by molar-refractivity contribution is 6.03. The molecule has 0 radical (unpaired) electrons. The predicted molar refractivity (Wildman–Crippen MR) is 413 cm³/mol. The van der Waals surface area contributed by atoms with Crippen molar-refractivity contribution >= 4 is 58.9 Å². The van der Waals surface area contributed by atoms with Crippen LogP contribution in [0.15, 0.2) is 146 Å². The van der Waals surface area contributed by atoms with Crippen LogP contribution in [0.4, 0.5) is 11.6 Å². The number of carbonyl (C=O) groups is 3. The van der Waals surface area contributed by atoms with Crippen LogP contribution in [0, 0.1) is 25.2 Å². The average Bonchev–Trinajstić information content (AvgIpc) is 1.64. The summed E-state index contributed by atoms with van der Waals surface area (Å²) in [4.78, 5) is 35.1. The Morgan fingerprint density at radius 3 is 1.78 bits per heavy atom. The van der Waals surface area contributed by atoms with Gasteiger partial charge in [0.05, 0.1) is 91.9 Å². The summed E-state index contributed by atoms with van der Waals surface area (Å²) in [6.07, 6.45) is 16.0. The van der Waals surface area contributed by atoms with Crippen molar-refractivity contribution in [2.75, 3.05) is 71.4 Å². The predicted octanol–water partition coefficient (Wildman–Crippen LogP) is 9.35. The highest BCUT2D eigenvalue weighted by Crippen LogP contribution is 2.36. The van der Waals surface area contributed by atoms with Crippen molar-refractivity contribution < 1.29 is 91.0 Å². The molecular weight excluding hydrogens is 1510 g/mol. The molecule has 0 saturated heterocycles. The van der Waals surface area contributed by atoms with Crippen LogP contribution in [-0.2, 0) is 38.5 Å². The number of hydrogen-bond donors (Lipinski definition) is 9. The largest absolute Gasteiger partial charge is 0.487 e. The van der Waals surface area contributed by atoms with E-state index in [0.717, 1.165) is 98.1 Å². The van der Waals surface area contributed by atoms with Crippen LogP contribution in [0.5, 0.6) is 23.0 Å². The summed E-state index contributed by atoms with van der Waals surface area (Å²) >= 11 is 0. The molecule has 10 aromatic rings. The molecule has 1 aliphatic heterocycles. The fraction of sp³-hybridized carbons (Fsp3) is 0.387. The number of hydroxylamine groups is 1. The van der Waals surface area contributed by atoms with Crippen molar-refractivity contribution in [3.63, 3.8) is 0 Å². The van der Waals surface area contributed by atoms with Gasteiger partial charge in [-0.25, -0.2) is 25.6 Å². The molecule has 41 heteroatoms. The van der Waals surface area contributed by atoms with Crippen LogP contribution in [0.25, 0.3) is 11.6 Å². The van der Waals surface area contributed by atoms with Gasteiger partial charge < -0.3 is 73.6 Å². The summed E-state index contributed by atoms with van der Waals surface area (Å²) in [6, 6.07) is 29.9. The second-order valence-corrected chi connectivity index (χ2v) is 25.2. The first-order valence-corrected chi connectivity index (χ1v) is 36.7. The smallest absolute Gasteiger partial charge is 0.293 e. The zero-order valence-corrected chi connectivity index (χ0v) is 64.7. The quantitative estimate of drug-likeness (QED) is 0.00893. The van der Waals surface area contributed by atoms with Crippen molar-refractivity contribution in [3.05, 3.63) is 171 Å². The molecule has 12 rings (SSSR count). The summed E-state index contributed by atoms with van der Waals surface area (Å²) in [7, 11) is 1.46. The van der Waals surface area contributed by atoms with Crippen LogP contribution in [0.1, 0.15) is 181 Å². The zero-order valence-electron chi connectivity index (χ0n) is 64.7. The van der Waals surface area contributed by atoms with Gasteiger partial charge in [-0.2, -0.15) is 24.8 Å². The first kappa shape index (κ1) is 87.9. The van der Waals surface area contributed by atoms with Gasteiger partial charge in [0.25, 0.3) is 11.8 Å². The minimum Gasteiger partial charge on any atom is -0.487 e. The number of anilines is 2. The molecule has 1 unspecified atom stereocenters. The van der Waals surface area contributed by atoms with Crippen molar-refractivity contribution in [1.29, 1.82) is 5.26 Å². The number of nitrogen functional groups attached to an aromatic ring is 2. The summed E-state index contributed by atoms with van der Waals surface area (Å²) in [5.41, 5.74) is 24.5. The second-order valence-electron chi connectivity index (χ2n) is 25.2. The Balaban J connectivity index is 0.000000186. The molecular formula is C75H92N22O19. The van der Waals surface area contributed by atoms with Gasteiger partial charge in [0.1, 0.15) is 55.2 Å². The van der Waals surface area contributed by atoms with Gasteiger partial charge in [-0.15, -0.1) is 10.2 Å². The van der Waals surface area contributed by atoms with Crippen LogP contribution >= 0.6 is 0 Å².